The molecule has 0 saturated heterocycles. The fourth-order valence-electron chi connectivity index (χ4n) is 0.995. The molecule has 0 aliphatic heterocycles. The molecule has 0 aliphatic rings. The number of fused-ring (bicyclic) bond motifs is 1. The maximum Gasteiger partial charge on any atom is 0.214 e. The van der Waals surface area contributed by atoms with Crippen molar-refractivity contribution in [3.8, 4) is 0 Å². The summed E-state index contributed by atoms with van der Waals surface area (Å²) < 4.78 is 0. The Morgan fingerprint density at radius 1 is 1.31 bits per heavy atom. The van der Waals surface area contributed by atoms with E-state index in [9.17, 15) is 4.79 Å². The predicted molar refractivity (Wildman–Crippen MR) is 53.2 cm³/mol. The van der Waals surface area contributed by atoms with E-state index in [1.54, 1.807) is 0 Å². The molecule has 68 valence electrons. The van der Waals surface area contributed by atoms with E-state index in [4.69, 9.17) is 0 Å². The van der Waals surface area contributed by atoms with Crippen molar-refractivity contribution in [2.45, 2.75) is 6.92 Å². The van der Waals surface area contributed by atoms with Crippen molar-refractivity contribution in [3.63, 3.8) is 0 Å². The van der Waals surface area contributed by atoms with Crippen LogP contribution in [0.25, 0.3) is 10.9 Å². The molecule has 13 heavy (non-hydrogen) atoms. The average Bonchev–Trinajstić information content (AvgIpc) is 2.49. The lowest BCUT2D eigenvalue weighted by molar-refractivity contribution is -0.115. The van der Waals surface area contributed by atoms with Gasteiger partial charge in [0, 0.05) is 18.6 Å². The van der Waals surface area contributed by atoms with Gasteiger partial charge in [0.05, 0.1) is 0 Å². The number of benzene rings is 1. The molecule has 1 heterocycles. The van der Waals surface area contributed by atoms with Crippen LogP contribution in [0.3, 0.4) is 0 Å². The molecule has 0 unspecified atom stereocenters. The summed E-state index contributed by atoms with van der Waals surface area (Å²) in [5, 5.41) is 1.28. The summed E-state index contributed by atoms with van der Waals surface area (Å²) in [6.45, 7) is 1.31. The predicted octanol–water partition coefficient (Wildman–Crippen LogP) is 1.66. The number of aromatic nitrogens is 1. The smallest absolute Gasteiger partial charge is 0.214 e. The minimum absolute atomic E-state index is 0.333. The molecular weight excluding hydrogens is 164 g/mol. The summed E-state index contributed by atoms with van der Waals surface area (Å²) in [4.78, 5) is 12.3. The number of carbonyl (C=O) groups excluding carboxylic acids is 1. The highest BCUT2D eigenvalue weighted by Gasteiger charge is 1.86. The Morgan fingerprint density at radius 3 is 2.54 bits per heavy atom. The van der Waals surface area contributed by atoms with Crippen LogP contribution in [0.2, 0.25) is 0 Å². The van der Waals surface area contributed by atoms with Crippen LogP contribution in [0.5, 0.6) is 0 Å². The van der Waals surface area contributed by atoms with E-state index in [-0.39, 0.29) is 5.91 Å². The first-order chi connectivity index (χ1) is 6.20. The summed E-state index contributed by atoms with van der Waals surface area (Å²) in [5.74, 6) is -0.333. The summed E-state index contributed by atoms with van der Waals surface area (Å²) >= 11 is 0. The van der Waals surface area contributed by atoms with Crippen LogP contribution < -0.4 is 5.73 Å². The van der Waals surface area contributed by atoms with E-state index in [0.29, 0.717) is 0 Å². The second-order valence-electron chi connectivity index (χ2n) is 2.68. The minimum atomic E-state index is -0.333. The van der Waals surface area contributed by atoms with E-state index < -0.39 is 0 Å². The lowest BCUT2D eigenvalue weighted by atomic mass is 10.3. The van der Waals surface area contributed by atoms with Gasteiger partial charge in [-0.1, -0.05) is 18.2 Å². The van der Waals surface area contributed by atoms with Crippen LogP contribution in [0.1, 0.15) is 6.92 Å². The van der Waals surface area contributed by atoms with Crippen molar-refractivity contribution in [3.05, 3.63) is 36.5 Å². The van der Waals surface area contributed by atoms with Crippen LogP contribution in [0.4, 0.5) is 0 Å². The summed E-state index contributed by atoms with van der Waals surface area (Å²) in [6.07, 6.45) is 1.95. The molecule has 1 aromatic carbocycles. The van der Waals surface area contributed by atoms with Crippen LogP contribution in [-0.4, -0.2) is 10.9 Å². The average molecular weight is 176 g/mol. The molecule has 0 bridgehead atoms. The largest absolute Gasteiger partial charge is 0.370 e. The zero-order chi connectivity index (χ0) is 9.68. The second-order valence-corrected chi connectivity index (χ2v) is 2.68. The second kappa shape index (κ2) is 4.30. The van der Waals surface area contributed by atoms with Gasteiger partial charge in [0.1, 0.15) is 0 Å². The number of hydrogen-bond acceptors (Lipinski definition) is 1. The van der Waals surface area contributed by atoms with Crippen molar-refractivity contribution in [2.24, 2.45) is 5.73 Å². The lowest BCUT2D eigenvalue weighted by Crippen LogP contribution is -2.01. The highest BCUT2D eigenvalue weighted by atomic mass is 16.1. The number of para-hydroxylation sites is 1. The maximum atomic E-state index is 9.22. The van der Waals surface area contributed by atoms with Crippen molar-refractivity contribution < 1.29 is 4.79 Å². The first kappa shape index (κ1) is 9.32. The Morgan fingerprint density at radius 2 is 1.92 bits per heavy atom. The molecule has 0 aliphatic carbocycles. The minimum Gasteiger partial charge on any atom is -0.370 e. The SMILES string of the molecule is CC(N)=O.c1ccc2[nH]ccc2c1. The summed E-state index contributed by atoms with van der Waals surface area (Å²) in [5.41, 5.74) is 5.68. The first-order valence-electron chi connectivity index (χ1n) is 3.98. The van der Waals surface area contributed by atoms with E-state index >= 15 is 0 Å². The van der Waals surface area contributed by atoms with E-state index in [1.807, 2.05) is 18.3 Å². The fraction of sp³-hybridized carbons (Fsp3) is 0.100. The highest BCUT2D eigenvalue weighted by Crippen LogP contribution is 2.09. The zero-order valence-electron chi connectivity index (χ0n) is 7.45. The number of hydrogen-bond donors (Lipinski definition) is 2. The van der Waals surface area contributed by atoms with Gasteiger partial charge in [-0.2, -0.15) is 0 Å². The molecular formula is C10H12N2O. The molecule has 2 rings (SSSR count). The van der Waals surface area contributed by atoms with Gasteiger partial charge in [-0.15, -0.1) is 0 Å². The molecule has 0 radical (unpaired) electrons. The van der Waals surface area contributed by atoms with Crippen LogP contribution in [-0.2, 0) is 4.79 Å². The van der Waals surface area contributed by atoms with Gasteiger partial charge >= 0.3 is 0 Å². The number of amides is 1. The van der Waals surface area contributed by atoms with Crippen molar-refractivity contribution in [1.29, 1.82) is 0 Å². The van der Waals surface area contributed by atoms with Gasteiger partial charge in [-0.25, -0.2) is 0 Å². The number of carbonyl (C=O) groups is 1. The zero-order valence-corrected chi connectivity index (χ0v) is 7.45. The van der Waals surface area contributed by atoms with Crippen molar-refractivity contribution >= 4 is 16.8 Å². The van der Waals surface area contributed by atoms with Crippen LogP contribution in [0.15, 0.2) is 36.5 Å². The summed E-state index contributed by atoms with van der Waals surface area (Å²) in [7, 11) is 0. The number of nitrogens with one attached hydrogen (secondary N) is 1. The Kier molecular flexibility index (Phi) is 3.09. The van der Waals surface area contributed by atoms with Gasteiger partial charge < -0.3 is 10.7 Å². The standard InChI is InChI=1S/C8H7N.C2H5NO/c1-2-4-8-7(3-1)5-6-9-8;1-2(3)4/h1-6,9H;1H3,(H2,3,4). The number of rotatable bonds is 0. The molecule has 0 atom stereocenters. The molecule has 3 nitrogen and oxygen atoms in total. The third-order valence-corrected chi connectivity index (χ3v) is 1.46. The summed E-state index contributed by atoms with van der Waals surface area (Å²) in [6, 6.07) is 10.3. The molecule has 3 heteroatoms. The third kappa shape index (κ3) is 2.99. The van der Waals surface area contributed by atoms with E-state index in [0.717, 1.165) is 0 Å². The lowest BCUT2D eigenvalue weighted by Gasteiger charge is -1.83. The highest BCUT2D eigenvalue weighted by molar-refractivity contribution is 5.78. The fourth-order valence-corrected chi connectivity index (χ4v) is 0.995. The monoisotopic (exact) mass is 176 g/mol. The van der Waals surface area contributed by atoms with Crippen molar-refractivity contribution in [2.75, 3.05) is 0 Å². The Bertz CT molecular complexity index is 358. The van der Waals surface area contributed by atoms with Crippen molar-refractivity contribution in [1.82, 2.24) is 4.98 Å². The van der Waals surface area contributed by atoms with E-state index in [1.165, 1.54) is 17.8 Å². The Hall–Kier alpha value is -1.77. The van der Waals surface area contributed by atoms with Gasteiger partial charge in [0.2, 0.25) is 5.91 Å². The van der Waals surface area contributed by atoms with Crippen LogP contribution >= 0.6 is 0 Å². The van der Waals surface area contributed by atoms with Crippen LogP contribution in [0, 0.1) is 0 Å². The molecule has 3 N–H and O–H groups in total. The number of nitrogens with two attached hydrogens (primary N) is 1. The topological polar surface area (TPSA) is 58.9 Å². The number of aromatic amines is 1. The third-order valence-electron chi connectivity index (χ3n) is 1.46. The van der Waals surface area contributed by atoms with E-state index in [2.05, 4.69) is 28.9 Å². The van der Waals surface area contributed by atoms with Gasteiger partial charge in [-0.05, 0) is 17.5 Å². The van der Waals surface area contributed by atoms with Gasteiger partial charge in [-0.3, -0.25) is 4.79 Å². The Balaban J connectivity index is 0.000000184. The first-order valence-corrected chi connectivity index (χ1v) is 3.98. The van der Waals surface area contributed by atoms with Gasteiger partial charge in [0.15, 0.2) is 0 Å². The maximum absolute atomic E-state index is 9.22. The molecule has 0 spiro atoms. The Labute approximate surface area is 76.6 Å². The van der Waals surface area contributed by atoms with Gasteiger partial charge in [0.25, 0.3) is 0 Å². The number of H-pyrrole nitrogens is 1. The number of primary amides is 1. The normalized spacial score (nSPS) is 9.00. The molecule has 0 saturated carbocycles. The molecule has 1 amide bonds. The molecule has 2 aromatic rings. The quantitative estimate of drug-likeness (QED) is 0.630. The molecule has 0 fully saturated rings. The molecule has 1 aromatic heterocycles.